The van der Waals surface area contributed by atoms with Gasteiger partial charge >= 0.3 is 0 Å². The number of carbonyl (C=O) groups is 1. The Morgan fingerprint density at radius 3 is 2.17 bits per heavy atom. The number of aliphatic carboxylic acids is 1. The summed E-state index contributed by atoms with van der Waals surface area (Å²) in [5, 5.41) is 30.7. The number of rotatable bonds is 4. The molecule has 0 aliphatic carbocycles. The van der Waals surface area contributed by atoms with Crippen LogP contribution >= 0.6 is 0 Å². The number of nitro benzene ring substituents is 1. The second-order valence-electron chi connectivity index (χ2n) is 4.49. The fourth-order valence-corrected chi connectivity index (χ4v) is 1.84. The maximum Gasteiger partial charge on any atom is 0.300 e. The van der Waals surface area contributed by atoms with Crippen molar-refractivity contribution in [2.75, 3.05) is 0 Å². The summed E-state index contributed by atoms with van der Waals surface area (Å²) in [4.78, 5) is 19.5. The SMILES string of the molecule is CC(=O)O.O=[N+]([O-])c1ccccc1CC(=NO)c1ccccc1. The van der Waals surface area contributed by atoms with Crippen LogP contribution in [0.5, 0.6) is 0 Å². The minimum atomic E-state index is -0.833. The molecule has 2 aromatic carbocycles. The van der Waals surface area contributed by atoms with E-state index in [0.29, 0.717) is 11.3 Å². The molecule has 0 amide bonds. The minimum Gasteiger partial charge on any atom is -0.481 e. The molecule has 0 fully saturated rings. The van der Waals surface area contributed by atoms with Crippen molar-refractivity contribution in [2.45, 2.75) is 13.3 Å². The number of nitrogens with zero attached hydrogens (tertiary/aromatic N) is 2. The van der Waals surface area contributed by atoms with E-state index in [1.54, 1.807) is 30.3 Å². The number of carboxylic acid groups (broad SMARTS) is 1. The highest BCUT2D eigenvalue weighted by molar-refractivity contribution is 6.01. The van der Waals surface area contributed by atoms with E-state index in [-0.39, 0.29) is 12.1 Å². The van der Waals surface area contributed by atoms with Crippen LogP contribution in [-0.2, 0) is 11.2 Å². The van der Waals surface area contributed by atoms with Crippen LogP contribution in [0.15, 0.2) is 59.8 Å². The van der Waals surface area contributed by atoms with Gasteiger partial charge in [-0.15, -0.1) is 0 Å². The lowest BCUT2D eigenvalue weighted by atomic mass is 10.0. The van der Waals surface area contributed by atoms with E-state index >= 15 is 0 Å². The molecule has 0 heterocycles. The Morgan fingerprint density at radius 2 is 1.65 bits per heavy atom. The van der Waals surface area contributed by atoms with E-state index in [2.05, 4.69) is 5.16 Å². The average Bonchev–Trinajstić information content (AvgIpc) is 2.53. The zero-order chi connectivity index (χ0) is 17.2. The summed E-state index contributed by atoms with van der Waals surface area (Å²) >= 11 is 0. The van der Waals surface area contributed by atoms with Crippen LogP contribution < -0.4 is 0 Å². The molecule has 2 aromatic rings. The minimum absolute atomic E-state index is 0.0274. The van der Waals surface area contributed by atoms with Gasteiger partial charge in [0.2, 0.25) is 0 Å². The van der Waals surface area contributed by atoms with Crippen LogP contribution in [0, 0.1) is 10.1 Å². The fraction of sp³-hybridized carbons (Fsp3) is 0.125. The normalized spacial score (nSPS) is 10.4. The Kier molecular flexibility index (Phi) is 6.93. The number of oxime groups is 1. The molecule has 7 heteroatoms. The van der Waals surface area contributed by atoms with Gasteiger partial charge in [-0.2, -0.15) is 0 Å². The number of para-hydroxylation sites is 1. The first-order valence-electron chi connectivity index (χ1n) is 6.64. The van der Waals surface area contributed by atoms with Crippen molar-refractivity contribution in [3.8, 4) is 0 Å². The summed E-state index contributed by atoms with van der Waals surface area (Å²) in [7, 11) is 0. The van der Waals surface area contributed by atoms with E-state index < -0.39 is 10.9 Å². The van der Waals surface area contributed by atoms with Gasteiger partial charge in [-0.3, -0.25) is 14.9 Å². The topological polar surface area (TPSA) is 113 Å². The zero-order valence-corrected chi connectivity index (χ0v) is 12.4. The predicted octanol–water partition coefficient (Wildman–Crippen LogP) is 3.11. The van der Waals surface area contributed by atoms with Crippen molar-refractivity contribution in [3.63, 3.8) is 0 Å². The number of hydrogen-bond donors (Lipinski definition) is 2. The zero-order valence-electron chi connectivity index (χ0n) is 12.4. The Hall–Kier alpha value is -3.22. The lowest BCUT2D eigenvalue weighted by molar-refractivity contribution is -0.385. The van der Waals surface area contributed by atoms with Gasteiger partial charge in [0.1, 0.15) is 0 Å². The fourth-order valence-electron chi connectivity index (χ4n) is 1.84. The van der Waals surface area contributed by atoms with Crippen LogP contribution in [0.4, 0.5) is 5.69 Å². The Morgan fingerprint density at radius 1 is 1.13 bits per heavy atom. The highest BCUT2D eigenvalue weighted by atomic mass is 16.6. The molecule has 0 radical (unpaired) electrons. The lowest BCUT2D eigenvalue weighted by Gasteiger charge is -2.05. The molecular formula is C16H16N2O5. The van der Waals surface area contributed by atoms with E-state index in [1.165, 1.54) is 6.07 Å². The van der Waals surface area contributed by atoms with Gasteiger partial charge in [0.15, 0.2) is 0 Å². The smallest absolute Gasteiger partial charge is 0.300 e. The average molecular weight is 316 g/mol. The molecule has 0 saturated heterocycles. The molecule has 0 aromatic heterocycles. The molecule has 0 atom stereocenters. The van der Waals surface area contributed by atoms with Crippen molar-refractivity contribution in [2.24, 2.45) is 5.16 Å². The standard InChI is InChI=1S/C14H12N2O3.C2H4O2/c17-15-13(11-6-2-1-3-7-11)10-12-8-4-5-9-14(12)16(18)19;1-2(3)4/h1-9,17H,10H2;1H3,(H,3,4). The summed E-state index contributed by atoms with van der Waals surface area (Å²) < 4.78 is 0. The van der Waals surface area contributed by atoms with Crippen LogP contribution in [0.2, 0.25) is 0 Å². The first-order valence-corrected chi connectivity index (χ1v) is 6.64. The molecule has 120 valence electrons. The van der Waals surface area contributed by atoms with E-state index in [0.717, 1.165) is 12.5 Å². The van der Waals surface area contributed by atoms with Gasteiger partial charge in [0.25, 0.3) is 11.7 Å². The molecule has 23 heavy (non-hydrogen) atoms. The molecule has 2 N–H and O–H groups in total. The Labute approximate surface area is 132 Å². The van der Waals surface area contributed by atoms with Crippen molar-refractivity contribution in [1.29, 1.82) is 0 Å². The predicted molar refractivity (Wildman–Crippen MR) is 84.9 cm³/mol. The second-order valence-corrected chi connectivity index (χ2v) is 4.49. The Bertz CT molecular complexity index is 695. The van der Waals surface area contributed by atoms with Crippen LogP contribution in [0.25, 0.3) is 0 Å². The summed E-state index contributed by atoms with van der Waals surface area (Å²) in [6.45, 7) is 1.08. The third-order valence-electron chi connectivity index (χ3n) is 2.77. The third-order valence-corrected chi connectivity index (χ3v) is 2.77. The largest absolute Gasteiger partial charge is 0.481 e. The van der Waals surface area contributed by atoms with Crippen molar-refractivity contribution < 1.29 is 20.0 Å². The summed E-state index contributed by atoms with van der Waals surface area (Å²) in [5.41, 5.74) is 1.68. The van der Waals surface area contributed by atoms with Gasteiger partial charge in [-0.1, -0.05) is 53.7 Å². The third kappa shape index (κ3) is 5.96. The molecule has 7 nitrogen and oxygen atoms in total. The summed E-state index contributed by atoms with van der Waals surface area (Å²) in [6.07, 6.45) is 0.206. The first kappa shape index (κ1) is 17.8. The van der Waals surface area contributed by atoms with Gasteiger partial charge in [0, 0.05) is 25.0 Å². The van der Waals surface area contributed by atoms with Crippen molar-refractivity contribution in [3.05, 3.63) is 75.8 Å². The van der Waals surface area contributed by atoms with Crippen LogP contribution in [0.1, 0.15) is 18.1 Å². The van der Waals surface area contributed by atoms with Gasteiger partial charge in [-0.25, -0.2) is 0 Å². The lowest BCUT2D eigenvalue weighted by Crippen LogP contribution is -2.07. The van der Waals surface area contributed by atoms with E-state index in [4.69, 9.17) is 15.1 Å². The quantitative estimate of drug-likeness (QED) is 0.389. The molecule has 0 aliphatic heterocycles. The molecule has 0 bridgehead atoms. The first-order chi connectivity index (χ1) is 11.0. The summed E-state index contributed by atoms with van der Waals surface area (Å²) in [5.74, 6) is -0.833. The van der Waals surface area contributed by atoms with Gasteiger partial charge in [0.05, 0.1) is 10.6 Å². The van der Waals surface area contributed by atoms with Crippen molar-refractivity contribution in [1.82, 2.24) is 0 Å². The maximum atomic E-state index is 10.9. The van der Waals surface area contributed by atoms with Gasteiger partial charge < -0.3 is 10.3 Å². The highest BCUT2D eigenvalue weighted by Gasteiger charge is 2.15. The molecule has 0 saturated carbocycles. The Balaban J connectivity index is 0.000000593. The molecule has 0 spiro atoms. The highest BCUT2D eigenvalue weighted by Crippen LogP contribution is 2.20. The number of carboxylic acids is 1. The van der Waals surface area contributed by atoms with E-state index in [1.807, 2.05) is 18.2 Å². The van der Waals surface area contributed by atoms with Gasteiger partial charge in [-0.05, 0) is 5.56 Å². The molecular weight excluding hydrogens is 300 g/mol. The van der Waals surface area contributed by atoms with Crippen LogP contribution in [0.3, 0.4) is 0 Å². The number of benzene rings is 2. The van der Waals surface area contributed by atoms with E-state index in [9.17, 15) is 10.1 Å². The maximum absolute atomic E-state index is 10.9. The monoisotopic (exact) mass is 316 g/mol. The summed E-state index contributed by atoms with van der Waals surface area (Å²) in [6, 6.07) is 15.5. The molecule has 2 rings (SSSR count). The molecule has 0 unspecified atom stereocenters. The van der Waals surface area contributed by atoms with Crippen LogP contribution in [-0.4, -0.2) is 26.9 Å². The van der Waals surface area contributed by atoms with Crippen molar-refractivity contribution >= 4 is 17.4 Å². The second kappa shape index (κ2) is 8.93. The molecule has 0 aliphatic rings. The number of hydrogen-bond acceptors (Lipinski definition) is 5. The number of nitro groups is 1.